The van der Waals surface area contributed by atoms with Crippen molar-refractivity contribution < 1.29 is 33.7 Å². The van der Waals surface area contributed by atoms with Crippen molar-refractivity contribution in [1.82, 2.24) is 0 Å². The topological polar surface area (TPSA) is 99.1 Å². The SMILES string of the molecule is CCCCCCCCC(=O)OCC(COC(=O)CCCCCCCC)(OC(=O)CCCCCCCC)C(C)CO. The van der Waals surface area contributed by atoms with Crippen LogP contribution >= 0.6 is 0 Å². The summed E-state index contributed by atoms with van der Waals surface area (Å²) in [5.41, 5.74) is -1.42. The lowest BCUT2D eigenvalue weighted by Gasteiger charge is -2.36. The molecule has 0 spiro atoms. The summed E-state index contributed by atoms with van der Waals surface area (Å²) < 4.78 is 17.1. The van der Waals surface area contributed by atoms with Crippen molar-refractivity contribution in [2.45, 2.75) is 168 Å². The zero-order valence-corrected chi connectivity index (χ0v) is 26.4. The summed E-state index contributed by atoms with van der Waals surface area (Å²) in [5.74, 6) is -1.73. The Bertz CT molecular complexity index is 602. The van der Waals surface area contributed by atoms with Crippen molar-refractivity contribution in [1.29, 1.82) is 0 Å². The number of carbonyl (C=O) groups excluding carboxylic acids is 3. The van der Waals surface area contributed by atoms with Gasteiger partial charge in [-0.25, -0.2) is 0 Å². The van der Waals surface area contributed by atoms with Crippen LogP contribution in [0.5, 0.6) is 0 Å². The molecular weight excluding hydrogens is 508 g/mol. The first kappa shape index (κ1) is 38.4. The van der Waals surface area contributed by atoms with E-state index in [4.69, 9.17) is 14.2 Å². The molecule has 0 aromatic carbocycles. The van der Waals surface area contributed by atoms with Crippen molar-refractivity contribution in [2.24, 2.45) is 5.92 Å². The molecule has 1 atom stereocenters. The van der Waals surface area contributed by atoms with E-state index in [-0.39, 0.29) is 38.2 Å². The normalized spacial score (nSPS) is 12.2. The van der Waals surface area contributed by atoms with Gasteiger partial charge in [0, 0.05) is 31.8 Å². The fourth-order valence-corrected chi connectivity index (χ4v) is 4.63. The minimum absolute atomic E-state index is 0.240. The number of unbranched alkanes of at least 4 members (excludes halogenated alkanes) is 15. The van der Waals surface area contributed by atoms with Gasteiger partial charge in [-0.15, -0.1) is 0 Å². The number of esters is 3. The van der Waals surface area contributed by atoms with Crippen LogP contribution in [-0.2, 0) is 28.6 Å². The van der Waals surface area contributed by atoms with Crippen molar-refractivity contribution in [3.63, 3.8) is 0 Å². The number of aliphatic hydroxyl groups is 1. The van der Waals surface area contributed by atoms with E-state index in [1.54, 1.807) is 6.92 Å². The molecule has 0 aliphatic carbocycles. The second kappa shape index (κ2) is 26.3. The van der Waals surface area contributed by atoms with E-state index < -0.39 is 17.5 Å². The van der Waals surface area contributed by atoms with Crippen LogP contribution in [0.4, 0.5) is 0 Å². The van der Waals surface area contributed by atoms with Gasteiger partial charge in [0.25, 0.3) is 0 Å². The fourth-order valence-electron chi connectivity index (χ4n) is 4.63. The van der Waals surface area contributed by atoms with E-state index in [2.05, 4.69) is 20.8 Å². The first-order chi connectivity index (χ1) is 19.3. The van der Waals surface area contributed by atoms with E-state index in [1.807, 2.05) is 0 Å². The molecule has 0 bridgehead atoms. The first-order valence-corrected chi connectivity index (χ1v) is 16.5. The Morgan fingerprint density at radius 1 is 0.550 bits per heavy atom. The highest BCUT2D eigenvalue weighted by molar-refractivity contribution is 5.71. The third-order valence-electron chi connectivity index (χ3n) is 7.65. The highest BCUT2D eigenvalue weighted by Crippen LogP contribution is 2.26. The summed E-state index contributed by atoms with van der Waals surface area (Å²) in [7, 11) is 0. The minimum atomic E-state index is -1.42. The van der Waals surface area contributed by atoms with E-state index in [0.29, 0.717) is 19.3 Å². The number of hydrogen-bond donors (Lipinski definition) is 1. The number of hydrogen-bond acceptors (Lipinski definition) is 7. The Morgan fingerprint density at radius 3 is 1.23 bits per heavy atom. The van der Waals surface area contributed by atoms with Gasteiger partial charge < -0.3 is 19.3 Å². The van der Waals surface area contributed by atoms with Gasteiger partial charge in [-0.05, 0) is 19.3 Å². The van der Waals surface area contributed by atoms with Crippen molar-refractivity contribution in [3.8, 4) is 0 Å². The molecule has 0 aliphatic heterocycles. The summed E-state index contributed by atoms with van der Waals surface area (Å²) in [6, 6.07) is 0. The predicted octanol–water partition coefficient (Wildman–Crippen LogP) is 8.24. The number of ether oxygens (including phenoxy) is 3. The molecule has 1 N–H and O–H groups in total. The highest BCUT2D eigenvalue weighted by atomic mass is 16.6. The zero-order valence-electron chi connectivity index (χ0n) is 26.4. The predicted molar refractivity (Wildman–Crippen MR) is 161 cm³/mol. The molecular formula is C33H62O7. The maximum absolute atomic E-state index is 12.9. The van der Waals surface area contributed by atoms with Crippen LogP contribution in [0.2, 0.25) is 0 Å². The van der Waals surface area contributed by atoms with E-state index in [0.717, 1.165) is 57.8 Å². The quantitative estimate of drug-likeness (QED) is 0.0574. The van der Waals surface area contributed by atoms with Crippen molar-refractivity contribution in [2.75, 3.05) is 19.8 Å². The largest absolute Gasteiger partial charge is 0.461 e. The van der Waals surface area contributed by atoms with Gasteiger partial charge in [-0.1, -0.05) is 124 Å². The molecule has 40 heavy (non-hydrogen) atoms. The minimum Gasteiger partial charge on any atom is -0.461 e. The lowest BCUT2D eigenvalue weighted by atomic mass is 9.90. The van der Waals surface area contributed by atoms with Crippen LogP contribution in [-0.4, -0.2) is 48.4 Å². The number of rotatable bonds is 28. The molecule has 236 valence electrons. The van der Waals surface area contributed by atoms with Gasteiger partial charge in [0.1, 0.15) is 13.2 Å². The molecule has 0 radical (unpaired) electrons. The smallest absolute Gasteiger partial charge is 0.306 e. The standard InChI is InChI=1S/C33H62O7/c1-5-8-11-14-17-20-23-30(35)38-27-33(29(4)26-34,40-32(37)25-22-19-16-13-10-7-3)28-39-31(36)24-21-18-15-12-9-6-2/h29,34H,5-28H2,1-4H3. The molecule has 0 fully saturated rings. The van der Waals surface area contributed by atoms with Crippen LogP contribution < -0.4 is 0 Å². The summed E-state index contributed by atoms with van der Waals surface area (Å²) >= 11 is 0. The Labute approximate surface area is 245 Å². The van der Waals surface area contributed by atoms with Crippen molar-refractivity contribution in [3.05, 3.63) is 0 Å². The molecule has 0 heterocycles. The summed E-state index contributed by atoms with van der Waals surface area (Å²) in [4.78, 5) is 37.9. The summed E-state index contributed by atoms with van der Waals surface area (Å²) in [6.07, 6.45) is 19.8. The molecule has 1 unspecified atom stereocenters. The van der Waals surface area contributed by atoms with Crippen LogP contribution in [0.1, 0.15) is 163 Å². The average Bonchev–Trinajstić information content (AvgIpc) is 2.95. The van der Waals surface area contributed by atoms with E-state index in [9.17, 15) is 19.5 Å². The van der Waals surface area contributed by atoms with Crippen LogP contribution in [0.25, 0.3) is 0 Å². The Kier molecular flexibility index (Phi) is 25.2. The van der Waals surface area contributed by atoms with Crippen LogP contribution in [0, 0.1) is 5.92 Å². The third kappa shape index (κ3) is 20.3. The van der Waals surface area contributed by atoms with Gasteiger partial charge in [0.05, 0.1) is 0 Å². The molecule has 0 aromatic rings. The summed E-state index contributed by atoms with van der Waals surface area (Å²) in [6.45, 7) is 7.45. The van der Waals surface area contributed by atoms with E-state index >= 15 is 0 Å². The van der Waals surface area contributed by atoms with Crippen molar-refractivity contribution >= 4 is 17.9 Å². The molecule has 0 amide bonds. The Hall–Kier alpha value is -1.63. The molecule has 0 aromatic heterocycles. The number of carbonyl (C=O) groups is 3. The van der Waals surface area contributed by atoms with Gasteiger partial charge >= 0.3 is 17.9 Å². The van der Waals surface area contributed by atoms with Gasteiger partial charge in [-0.3, -0.25) is 14.4 Å². The summed E-state index contributed by atoms with van der Waals surface area (Å²) in [5, 5.41) is 10.0. The van der Waals surface area contributed by atoms with E-state index in [1.165, 1.54) is 51.4 Å². The monoisotopic (exact) mass is 570 g/mol. The lowest BCUT2D eigenvalue weighted by molar-refractivity contribution is -0.196. The molecule has 0 rings (SSSR count). The Balaban J connectivity index is 5.09. The maximum Gasteiger partial charge on any atom is 0.306 e. The van der Waals surface area contributed by atoms with Gasteiger partial charge in [0.15, 0.2) is 5.60 Å². The average molecular weight is 571 g/mol. The van der Waals surface area contributed by atoms with Gasteiger partial charge in [0.2, 0.25) is 0 Å². The second-order valence-corrected chi connectivity index (χ2v) is 11.5. The third-order valence-corrected chi connectivity index (χ3v) is 7.65. The zero-order chi connectivity index (χ0) is 29.9. The van der Waals surface area contributed by atoms with Crippen LogP contribution in [0.15, 0.2) is 0 Å². The fraction of sp³-hybridized carbons (Fsp3) is 0.909. The van der Waals surface area contributed by atoms with Gasteiger partial charge in [-0.2, -0.15) is 0 Å². The van der Waals surface area contributed by atoms with Crippen LogP contribution in [0.3, 0.4) is 0 Å². The second-order valence-electron chi connectivity index (χ2n) is 11.5. The lowest BCUT2D eigenvalue weighted by Crippen LogP contribution is -2.51. The highest BCUT2D eigenvalue weighted by Gasteiger charge is 2.43. The molecule has 7 nitrogen and oxygen atoms in total. The molecule has 0 saturated carbocycles. The molecule has 0 saturated heterocycles. The Morgan fingerprint density at radius 2 is 0.875 bits per heavy atom. The molecule has 7 heteroatoms. The number of aliphatic hydroxyl groups excluding tert-OH is 1. The first-order valence-electron chi connectivity index (χ1n) is 16.5. The molecule has 0 aliphatic rings. The maximum atomic E-state index is 12.9.